The molecule has 1 saturated carbocycles. The fraction of sp³-hybridized carbons (Fsp3) is 1.00. The van der Waals surface area contributed by atoms with Crippen LogP contribution in [-0.4, -0.2) is 31.1 Å². The Hall–Kier alpha value is -0.0800. The minimum Gasteiger partial charge on any atom is -0.330 e. The molecule has 0 radical (unpaired) electrons. The van der Waals surface area contributed by atoms with E-state index in [9.17, 15) is 0 Å². The van der Waals surface area contributed by atoms with E-state index in [4.69, 9.17) is 5.73 Å². The Labute approximate surface area is 102 Å². The van der Waals surface area contributed by atoms with Crippen LogP contribution in [0.1, 0.15) is 47.0 Å². The molecule has 1 aliphatic carbocycles. The molecule has 0 heterocycles. The second-order valence-electron chi connectivity index (χ2n) is 6.66. The fourth-order valence-corrected chi connectivity index (χ4v) is 2.45. The summed E-state index contributed by atoms with van der Waals surface area (Å²) in [5.41, 5.74) is 6.31. The number of nitrogens with zero attached hydrogens (tertiary/aromatic N) is 1. The largest absolute Gasteiger partial charge is 0.330 e. The molecule has 96 valence electrons. The van der Waals surface area contributed by atoms with Gasteiger partial charge >= 0.3 is 0 Å². The van der Waals surface area contributed by atoms with Crippen LogP contribution in [0.4, 0.5) is 0 Å². The van der Waals surface area contributed by atoms with E-state index in [-0.39, 0.29) is 0 Å². The highest BCUT2D eigenvalue weighted by atomic mass is 15.1. The van der Waals surface area contributed by atoms with Crippen LogP contribution in [0.25, 0.3) is 0 Å². The zero-order valence-corrected chi connectivity index (χ0v) is 11.6. The van der Waals surface area contributed by atoms with Crippen LogP contribution in [-0.2, 0) is 0 Å². The molecule has 1 aliphatic rings. The van der Waals surface area contributed by atoms with Gasteiger partial charge in [-0.2, -0.15) is 0 Å². The number of hydrogen-bond donors (Lipinski definition) is 1. The summed E-state index contributed by atoms with van der Waals surface area (Å²) in [6.45, 7) is 13.7. The Morgan fingerprint density at radius 2 is 1.94 bits per heavy atom. The van der Waals surface area contributed by atoms with E-state index in [2.05, 4.69) is 32.6 Å². The lowest BCUT2D eigenvalue weighted by Crippen LogP contribution is -2.36. The van der Waals surface area contributed by atoms with Crippen molar-refractivity contribution in [2.45, 2.75) is 47.0 Å². The smallest absolute Gasteiger partial charge is 0.00219 e. The normalized spacial score (nSPS) is 19.1. The van der Waals surface area contributed by atoms with Crippen molar-refractivity contribution in [3.05, 3.63) is 0 Å². The fourth-order valence-electron chi connectivity index (χ4n) is 2.45. The molecule has 2 N–H and O–H groups in total. The highest BCUT2D eigenvalue weighted by molar-refractivity contribution is 4.79. The molecule has 2 heteroatoms. The summed E-state index contributed by atoms with van der Waals surface area (Å²) in [5, 5.41) is 0. The number of rotatable bonds is 7. The Bertz CT molecular complexity index is 191. The van der Waals surface area contributed by atoms with Crippen molar-refractivity contribution < 1.29 is 0 Å². The molecule has 0 aromatic rings. The monoisotopic (exact) mass is 226 g/mol. The second-order valence-corrected chi connectivity index (χ2v) is 6.66. The summed E-state index contributed by atoms with van der Waals surface area (Å²) in [5.74, 6) is 1.66. The Morgan fingerprint density at radius 3 is 2.31 bits per heavy atom. The highest BCUT2D eigenvalue weighted by Crippen LogP contribution is 2.30. The summed E-state index contributed by atoms with van der Waals surface area (Å²) in [6.07, 6.45) is 4.14. The lowest BCUT2D eigenvalue weighted by molar-refractivity contribution is 0.195. The minimum absolute atomic E-state index is 0.406. The van der Waals surface area contributed by atoms with Crippen LogP contribution >= 0.6 is 0 Å². The maximum absolute atomic E-state index is 5.90. The molecule has 2 nitrogen and oxygen atoms in total. The van der Waals surface area contributed by atoms with Gasteiger partial charge < -0.3 is 10.6 Å². The van der Waals surface area contributed by atoms with Gasteiger partial charge in [0, 0.05) is 13.1 Å². The van der Waals surface area contributed by atoms with Gasteiger partial charge in [-0.15, -0.1) is 0 Å². The van der Waals surface area contributed by atoms with Gasteiger partial charge in [0.1, 0.15) is 0 Å². The van der Waals surface area contributed by atoms with Crippen LogP contribution < -0.4 is 5.73 Å². The third-order valence-electron chi connectivity index (χ3n) is 3.41. The van der Waals surface area contributed by atoms with Crippen molar-refractivity contribution in [2.24, 2.45) is 23.0 Å². The van der Waals surface area contributed by atoms with Gasteiger partial charge in [-0.3, -0.25) is 0 Å². The quantitative estimate of drug-likeness (QED) is 0.723. The summed E-state index contributed by atoms with van der Waals surface area (Å²) in [4.78, 5) is 2.60. The Kier molecular flexibility index (Phi) is 5.26. The van der Waals surface area contributed by atoms with Gasteiger partial charge in [0.15, 0.2) is 0 Å². The maximum atomic E-state index is 5.90. The summed E-state index contributed by atoms with van der Waals surface area (Å²) in [7, 11) is 0. The van der Waals surface area contributed by atoms with Crippen molar-refractivity contribution in [1.82, 2.24) is 4.90 Å². The average Bonchev–Trinajstić information content (AvgIpc) is 2.97. The molecule has 0 aromatic heterocycles. The zero-order chi connectivity index (χ0) is 12.2. The molecular weight excluding hydrogens is 196 g/mol. The summed E-state index contributed by atoms with van der Waals surface area (Å²) in [6, 6.07) is 0. The van der Waals surface area contributed by atoms with E-state index in [0.29, 0.717) is 11.3 Å². The Morgan fingerprint density at radius 1 is 1.31 bits per heavy atom. The molecule has 1 atom stereocenters. The lowest BCUT2D eigenvalue weighted by Gasteiger charge is -2.30. The van der Waals surface area contributed by atoms with Crippen molar-refractivity contribution >= 4 is 0 Å². The molecule has 1 fully saturated rings. The first kappa shape index (κ1) is 14.0. The third-order valence-corrected chi connectivity index (χ3v) is 3.41. The van der Waals surface area contributed by atoms with E-state index in [0.717, 1.165) is 12.5 Å². The van der Waals surface area contributed by atoms with E-state index in [1.165, 1.54) is 38.9 Å². The number of nitrogens with two attached hydrogens (primary N) is 1. The van der Waals surface area contributed by atoms with Crippen LogP contribution in [0.2, 0.25) is 0 Å². The van der Waals surface area contributed by atoms with Crippen molar-refractivity contribution in [2.75, 3.05) is 26.2 Å². The molecule has 0 spiro atoms. The standard InChI is InChI=1S/C14H30N2/c1-5-16(10-12-6-7-12)11-13(9-15)8-14(2,3)4/h12-13H,5-11,15H2,1-4H3. The Balaban J connectivity index is 2.33. The van der Waals surface area contributed by atoms with Gasteiger partial charge in [0.25, 0.3) is 0 Å². The molecule has 16 heavy (non-hydrogen) atoms. The molecule has 1 rings (SSSR count). The van der Waals surface area contributed by atoms with E-state index < -0.39 is 0 Å². The van der Waals surface area contributed by atoms with Crippen molar-refractivity contribution in [3.63, 3.8) is 0 Å². The van der Waals surface area contributed by atoms with Gasteiger partial charge in [0.05, 0.1) is 0 Å². The topological polar surface area (TPSA) is 29.3 Å². The lowest BCUT2D eigenvalue weighted by atomic mass is 9.84. The maximum Gasteiger partial charge on any atom is 0.00219 e. The first-order chi connectivity index (χ1) is 7.44. The van der Waals surface area contributed by atoms with E-state index in [1.54, 1.807) is 0 Å². The molecule has 0 saturated heterocycles. The van der Waals surface area contributed by atoms with Crippen LogP contribution in [0.3, 0.4) is 0 Å². The number of hydrogen-bond acceptors (Lipinski definition) is 2. The molecule has 0 aromatic carbocycles. The average molecular weight is 226 g/mol. The van der Waals surface area contributed by atoms with Crippen molar-refractivity contribution in [3.8, 4) is 0 Å². The molecule has 1 unspecified atom stereocenters. The summed E-state index contributed by atoms with van der Waals surface area (Å²) >= 11 is 0. The van der Waals surface area contributed by atoms with Gasteiger partial charge in [0.2, 0.25) is 0 Å². The molecule has 0 amide bonds. The third kappa shape index (κ3) is 5.86. The highest BCUT2D eigenvalue weighted by Gasteiger charge is 2.25. The minimum atomic E-state index is 0.406. The molecule has 0 bridgehead atoms. The van der Waals surface area contributed by atoms with Crippen molar-refractivity contribution in [1.29, 1.82) is 0 Å². The van der Waals surface area contributed by atoms with Crippen LogP contribution in [0.15, 0.2) is 0 Å². The molecule has 0 aliphatic heterocycles. The van der Waals surface area contributed by atoms with Crippen LogP contribution in [0.5, 0.6) is 0 Å². The van der Waals surface area contributed by atoms with Gasteiger partial charge in [-0.1, -0.05) is 27.7 Å². The summed E-state index contributed by atoms with van der Waals surface area (Å²) < 4.78 is 0. The zero-order valence-electron chi connectivity index (χ0n) is 11.6. The van der Waals surface area contributed by atoms with E-state index in [1.807, 2.05) is 0 Å². The first-order valence-corrected chi connectivity index (χ1v) is 6.87. The second kappa shape index (κ2) is 6.02. The molecular formula is C14H30N2. The first-order valence-electron chi connectivity index (χ1n) is 6.87. The predicted molar refractivity (Wildman–Crippen MR) is 71.5 cm³/mol. The van der Waals surface area contributed by atoms with Gasteiger partial charge in [-0.05, 0) is 49.6 Å². The van der Waals surface area contributed by atoms with Gasteiger partial charge in [-0.25, -0.2) is 0 Å². The van der Waals surface area contributed by atoms with E-state index >= 15 is 0 Å². The predicted octanol–water partition coefficient (Wildman–Crippen LogP) is 2.73. The SMILES string of the molecule is CCN(CC1CC1)CC(CN)CC(C)(C)C. The van der Waals surface area contributed by atoms with Crippen LogP contribution in [0, 0.1) is 17.3 Å².